The smallest absolute Gasteiger partial charge is 0.227 e. The van der Waals surface area contributed by atoms with Crippen molar-refractivity contribution in [2.75, 3.05) is 18.5 Å². The average molecular weight is 387 g/mol. The normalized spacial score (nSPS) is 14.9. The molecule has 4 aromatic rings. The Labute approximate surface area is 167 Å². The molecule has 1 N–H and O–H groups in total. The first-order chi connectivity index (χ1) is 14.3. The number of aromatic nitrogens is 4. The topological polar surface area (TPSA) is 73.5 Å². The monoisotopic (exact) mass is 387 g/mol. The van der Waals surface area contributed by atoms with E-state index in [0.29, 0.717) is 13.2 Å². The number of imidazole rings is 1. The molecule has 1 aromatic carbocycles. The maximum absolute atomic E-state index is 12.6. The first-order valence-corrected chi connectivity index (χ1v) is 9.74. The zero-order valence-electron chi connectivity index (χ0n) is 15.9. The number of nitrogens with zero attached hydrogens (tertiary/aromatic N) is 4. The molecule has 0 unspecified atom stereocenters. The third-order valence-corrected chi connectivity index (χ3v) is 5.28. The number of carbonyl (C=O) groups excluding carboxylic acids is 1. The van der Waals surface area contributed by atoms with Gasteiger partial charge in [-0.15, -0.1) is 0 Å². The van der Waals surface area contributed by atoms with Crippen molar-refractivity contribution in [1.82, 2.24) is 19.2 Å². The van der Waals surface area contributed by atoms with Crippen molar-refractivity contribution >= 4 is 17.2 Å². The highest BCUT2D eigenvalue weighted by Crippen LogP contribution is 2.26. The summed E-state index contributed by atoms with van der Waals surface area (Å²) < 4.78 is 9.20. The highest BCUT2D eigenvalue weighted by atomic mass is 16.5. The van der Waals surface area contributed by atoms with Crippen LogP contribution in [0.4, 0.5) is 5.69 Å². The molecule has 1 aliphatic rings. The molecular weight excluding hydrogens is 366 g/mol. The van der Waals surface area contributed by atoms with Gasteiger partial charge >= 0.3 is 0 Å². The van der Waals surface area contributed by atoms with Crippen molar-refractivity contribution in [1.29, 1.82) is 0 Å². The van der Waals surface area contributed by atoms with E-state index in [-0.39, 0.29) is 11.8 Å². The van der Waals surface area contributed by atoms with E-state index < -0.39 is 0 Å². The number of carbonyl (C=O) groups is 1. The lowest BCUT2D eigenvalue weighted by Crippen LogP contribution is -2.28. The highest BCUT2D eigenvalue weighted by Gasteiger charge is 2.21. The fraction of sp³-hybridized carbons (Fsp3) is 0.227. The standard InChI is InChI=1S/C22H21N5O2/c28-22(16-7-11-29-12-8-16)25-18-4-1-3-17(13-18)20-14-23-21-6-5-19(15-26(20)21)27-10-2-9-24-27/h1-6,9-10,13-16H,7-8,11-12H2,(H,25,28). The molecule has 146 valence electrons. The number of hydrogen-bond donors (Lipinski definition) is 1. The number of fused-ring (bicyclic) bond motifs is 1. The predicted octanol–water partition coefficient (Wildman–Crippen LogP) is 3.55. The van der Waals surface area contributed by atoms with Crippen LogP contribution in [0.3, 0.4) is 0 Å². The number of pyridine rings is 1. The third-order valence-electron chi connectivity index (χ3n) is 5.28. The van der Waals surface area contributed by atoms with E-state index in [2.05, 4.69) is 15.4 Å². The Kier molecular flexibility index (Phi) is 4.57. The number of ether oxygens (including phenoxy) is 1. The number of anilines is 1. The van der Waals surface area contributed by atoms with E-state index in [1.54, 1.807) is 6.20 Å². The van der Waals surface area contributed by atoms with E-state index in [1.165, 1.54) is 0 Å². The van der Waals surface area contributed by atoms with E-state index >= 15 is 0 Å². The van der Waals surface area contributed by atoms with Gasteiger partial charge in [-0.3, -0.25) is 9.20 Å². The third kappa shape index (κ3) is 3.52. The maximum atomic E-state index is 12.6. The van der Waals surface area contributed by atoms with Gasteiger partial charge in [0.1, 0.15) is 5.65 Å². The molecule has 1 amide bonds. The number of benzene rings is 1. The highest BCUT2D eigenvalue weighted by molar-refractivity contribution is 5.93. The van der Waals surface area contributed by atoms with Gasteiger partial charge in [0.15, 0.2) is 0 Å². The molecule has 0 spiro atoms. The lowest BCUT2D eigenvalue weighted by molar-refractivity contribution is -0.122. The van der Waals surface area contributed by atoms with Gasteiger partial charge in [0, 0.05) is 49.0 Å². The Morgan fingerprint density at radius 2 is 2.03 bits per heavy atom. The van der Waals surface area contributed by atoms with Crippen LogP contribution in [0.2, 0.25) is 0 Å². The fourth-order valence-corrected chi connectivity index (χ4v) is 3.70. The van der Waals surface area contributed by atoms with Gasteiger partial charge < -0.3 is 10.1 Å². The van der Waals surface area contributed by atoms with Crippen LogP contribution < -0.4 is 5.32 Å². The molecule has 0 aliphatic carbocycles. The lowest BCUT2D eigenvalue weighted by Gasteiger charge is -2.21. The van der Waals surface area contributed by atoms with E-state index in [4.69, 9.17) is 4.74 Å². The van der Waals surface area contributed by atoms with Gasteiger partial charge in [-0.1, -0.05) is 12.1 Å². The predicted molar refractivity (Wildman–Crippen MR) is 110 cm³/mol. The molecule has 5 rings (SSSR count). The second-order valence-corrected chi connectivity index (χ2v) is 7.17. The molecule has 3 aromatic heterocycles. The summed E-state index contributed by atoms with van der Waals surface area (Å²) in [6.07, 6.45) is 9.07. The van der Waals surface area contributed by atoms with Crippen molar-refractivity contribution in [2.24, 2.45) is 5.92 Å². The van der Waals surface area contributed by atoms with Crippen LogP contribution in [0.5, 0.6) is 0 Å². The fourth-order valence-electron chi connectivity index (χ4n) is 3.70. The van der Waals surface area contributed by atoms with E-state index in [9.17, 15) is 4.79 Å². The quantitative estimate of drug-likeness (QED) is 0.581. The van der Waals surface area contributed by atoms with Crippen molar-refractivity contribution in [3.05, 3.63) is 67.3 Å². The molecule has 0 bridgehead atoms. The summed E-state index contributed by atoms with van der Waals surface area (Å²) in [6, 6.07) is 13.7. The van der Waals surface area contributed by atoms with Gasteiger partial charge in [-0.25, -0.2) is 9.67 Å². The molecule has 0 radical (unpaired) electrons. The molecule has 1 saturated heterocycles. The summed E-state index contributed by atoms with van der Waals surface area (Å²) in [5.74, 6) is 0.0735. The van der Waals surface area contributed by atoms with Gasteiger partial charge in [-0.05, 0) is 43.2 Å². The van der Waals surface area contributed by atoms with Crippen LogP contribution in [0.1, 0.15) is 12.8 Å². The Morgan fingerprint density at radius 1 is 1.14 bits per heavy atom. The van der Waals surface area contributed by atoms with Crippen molar-refractivity contribution < 1.29 is 9.53 Å². The summed E-state index contributed by atoms with van der Waals surface area (Å²) in [6.45, 7) is 1.30. The first kappa shape index (κ1) is 17.6. The van der Waals surface area contributed by atoms with E-state index in [0.717, 1.165) is 41.1 Å². The summed E-state index contributed by atoms with van der Waals surface area (Å²) in [7, 11) is 0. The van der Waals surface area contributed by atoms with Crippen LogP contribution in [0, 0.1) is 5.92 Å². The molecular formula is C22H21N5O2. The molecule has 7 nitrogen and oxygen atoms in total. The summed E-state index contributed by atoms with van der Waals surface area (Å²) in [5.41, 5.74) is 4.53. The van der Waals surface area contributed by atoms with Crippen molar-refractivity contribution in [2.45, 2.75) is 12.8 Å². The Morgan fingerprint density at radius 3 is 2.86 bits per heavy atom. The summed E-state index contributed by atoms with van der Waals surface area (Å²) >= 11 is 0. The Hall–Kier alpha value is -3.45. The van der Waals surface area contributed by atoms with Gasteiger partial charge in [-0.2, -0.15) is 5.10 Å². The molecule has 0 atom stereocenters. The molecule has 1 fully saturated rings. The number of nitrogens with one attached hydrogen (secondary N) is 1. The van der Waals surface area contributed by atoms with E-state index in [1.807, 2.05) is 70.1 Å². The summed E-state index contributed by atoms with van der Waals surface area (Å²) in [5, 5.41) is 7.36. The zero-order chi connectivity index (χ0) is 19.6. The SMILES string of the molecule is O=C(Nc1cccc(-c2cnc3ccc(-n4cccn4)cn23)c1)C1CCOCC1. The largest absolute Gasteiger partial charge is 0.381 e. The van der Waals surface area contributed by atoms with Gasteiger partial charge in [0.05, 0.1) is 17.6 Å². The van der Waals surface area contributed by atoms with Crippen LogP contribution in [-0.4, -0.2) is 38.3 Å². The Bertz CT molecular complexity index is 1140. The Balaban J connectivity index is 1.45. The number of hydrogen-bond acceptors (Lipinski definition) is 4. The minimum absolute atomic E-state index is 0.0137. The average Bonchev–Trinajstić information content (AvgIpc) is 3.44. The van der Waals surface area contributed by atoms with Crippen LogP contribution in [0.25, 0.3) is 22.6 Å². The molecule has 29 heavy (non-hydrogen) atoms. The second-order valence-electron chi connectivity index (χ2n) is 7.17. The molecule has 0 saturated carbocycles. The van der Waals surface area contributed by atoms with Crippen LogP contribution in [-0.2, 0) is 9.53 Å². The van der Waals surface area contributed by atoms with Crippen molar-refractivity contribution in [3.63, 3.8) is 0 Å². The number of amides is 1. The molecule has 7 heteroatoms. The maximum Gasteiger partial charge on any atom is 0.227 e. The van der Waals surface area contributed by atoms with Gasteiger partial charge in [0.25, 0.3) is 0 Å². The second kappa shape index (κ2) is 7.52. The zero-order valence-corrected chi connectivity index (χ0v) is 15.9. The summed E-state index contributed by atoms with van der Waals surface area (Å²) in [4.78, 5) is 17.1. The minimum atomic E-state index is 0.0137. The van der Waals surface area contributed by atoms with Gasteiger partial charge in [0.2, 0.25) is 5.91 Å². The first-order valence-electron chi connectivity index (χ1n) is 9.74. The number of rotatable bonds is 4. The lowest BCUT2D eigenvalue weighted by atomic mass is 9.99. The molecule has 4 heterocycles. The molecule has 1 aliphatic heterocycles. The minimum Gasteiger partial charge on any atom is -0.381 e. The van der Waals surface area contributed by atoms with Crippen LogP contribution in [0.15, 0.2) is 67.3 Å². The van der Waals surface area contributed by atoms with Crippen LogP contribution >= 0.6 is 0 Å². The van der Waals surface area contributed by atoms with Crippen molar-refractivity contribution in [3.8, 4) is 16.9 Å².